The zero-order valence-corrected chi connectivity index (χ0v) is 17.6. The summed E-state index contributed by atoms with van der Waals surface area (Å²) in [5.74, 6) is 0. The summed E-state index contributed by atoms with van der Waals surface area (Å²) in [4.78, 5) is 24.3. The largest absolute Gasteiger partial charge is 0.445 e. The molecule has 0 saturated heterocycles. The summed E-state index contributed by atoms with van der Waals surface area (Å²) in [6.45, 7) is 5.71. The van der Waals surface area contributed by atoms with E-state index in [1.165, 1.54) is 0 Å². The molecule has 6 heteroatoms. The highest BCUT2D eigenvalue weighted by atomic mass is 16.6. The molecule has 0 aromatic heterocycles. The van der Waals surface area contributed by atoms with Gasteiger partial charge in [0.05, 0.1) is 6.04 Å². The highest BCUT2D eigenvalue weighted by Gasteiger charge is 2.20. The minimum absolute atomic E-state index is 0.157. The van der Waals surface area contributed by atoms with Crippen LogP contribution in [-0.4, -0.2) is 23.8 Å². The fourth-order valence-electron chi connectivity index (χ4n) is 3.22. The number of nitrogens with one attached hydrogen (secondary N) is 2. The molecular weight excluding hydrogens is 380 g/mol. The summed E-state index contributed by atoms with van der Waals surface area (Å²) < 4.78 is 10.7. The SMILES string of the molecule is CC(C)(C)OC(=O)Nc1cccc2c1CCC(NC(=O)OCc1ccccc1)C=C2. The molecular formula is C24H28N2O4. The first-order valence-corrected chi connectivity index (χ1v) is 10.1. The monoisotopic (exact) mass is 408 g/mol. The smallest absolute Gasteiger partial charge is 0.412 e. The predicted molar refractivity (Wildman–Crippen MR) is 117 cm³/mol. The average Bonchev–Trinajstić information content (AvgIpc) is 2.89. The summed E-state index contributed by atoms with van der Waals surface area (Å²) in [5.41, 5.74) is 3.12. The lowest BCUT2D eigenvalue weighted by Crippen LogP contribution is -2.33. The number of rotatable bonds is 4. The lowest BCUT2D eigenvalue weighted by atomic mass is 10.0. The van der Waals surface area contributed by atoms with Crippen molar-refractivity contribution in [2.45, 2.75) is 51.9 Å². The predicted octanol–water partition coefficient (Wildman–Crippen LogP) is 5.29. The second kappa shape index (κ2) is 9.48. The van der Waals surface area contributed by atoms with Gasteiger partial charge in [-0.05, 0) is 56.4 Å². The minimum Gasteiger partial charge on any atom is -0.445 e. The second-order valence-electron chi connectivity index (χ2n) is 8.21. The van der Waals surface area contributed by atoms with Crippen LogP contribution in [0.3, 0.4) is 0 Å². The maximum atomic E-state index is 12.2. The van der Waals surface area contributed by atoms with Gasteiger partial charge < -0.3 is 14.8 Å². The Morgan fingerprint density at radius 2 is 1.80 bits per heavy atom. The zero-order chi connectivity index (χ0) is 21.6. The lowest BCUT2D eigenvalue weighted by Gasteiger charge is -2.21. The van der Waals surface area contributed by atoms with Gasteiger partial charge in [-0.2, -0.15) is 0 Å². The fourth-order valence-corrected chi connectivity index (χ4v) is 3.22. The molecule has 1 aliphatic rings. The molecule has 3 rings (SSSR count). The number of anilines is 1. The van der Waals surface area contributed by atoms with Gasteiger partial charge in [0.25, 0.3) is 0 Å². The van der Waals surface area contributed by atoms with Crippen LogP contribution in [0.5, 0.6) is 0 Å². The van der Waals surface area contributed by atoms with Gasteiger partial charge in [-0.25, -0.2) is 9.59 Å². The van der Waals surface area contributed by atoms with Crippen LogP contribution in [-0.2, 0) is 22.5 Å². The molecule has 1 unspecified atom stereocenters. The first-order chi connectivity index (χ1) is 14.3. The second-order valence-corrected chi connectivity index (χ2v) is 8.21. The van der Waals surface area contributed by atoms with E-state index < -0.39 is 17.8 Å². The third-order valence-electron chi connectivity index (χ3n) is 4.58. The van der Waals surface area contributed by atoms with Gasteiger partial charge in [-0.1, -0.05) is 54.6 Å². The quantitative estimate of drug-likeness (QED) is 0.721. The molecule has 0 bridgehead atoms. The third kappa shape index (κ3) is 6.37. The Bertz CT molecular complexity index is 917. The standard InChI is InChI=1S/C24H28N2O4/c1-24(2,3)30-23(28)26-21-11-7-10-18-12-13-19(14-15-20(18)21)25-22(27)29-16-17-8-5-4-6-9-17/h4-13,19H,14-16H2,1-3H3,(H,25,27)(H,26,28). The van der Waals surface area contributed by atoms with E-state index in [-0.39, 0.29) is 12.6 Å². The summed E-state index contributed by atoms with van der Waals surface area (Å²) >= 11 is 0. The van der Waals surface area contributed by atoms with Gasteiger partial charge in [0.2, 0.25) is 0 Å². The molecule has 0 aliphatic heterocycles. The number of hydrogen-bond donors (Lipinski definition) is 2. The van der Waals surface area contributed by atoms with E-state index in [1.54, 1.807) is 0 Å². The van der Waals surface area contributed by atoms with Crippen LogP contribution >= 0.6 is 0 Å². The maximum absolute atomic E-state index is 12.2. The normalized spacial score (nSPS) is 15.5. The molecule has 0 radical (unpaired) electrons. The molecule has 6 nitrogen and oxygen atoms in total. The van der Waals surface area contributed by atoms with Crippen LogP contribution in [0.1, 0.15) is 43.9 Å². The highest BCUT2D eigenvalue weighted by Crippen LogP contribution is 2.27. The molecule has 2 amide bonds. The summed E-state index contributed by atoms with van der Waals surface area (Å²) in [5, 5.41) is 5.74. The number of ether oxygens (including phenoxy) is 2. The van der Waals surface area contributed by atoms with Gasteiger partial charge in [0.1, 0.15) is 12.2 Å². The van der Waals surface area contributed by atoms with E-state index in [4.69, 9.17) is 9.47 Å². The number of carbonyl (C=O) groups is 2. The van der Waals surface area contributed by atoms with Crippen molar-refractivity contribution < 1.29 is 19.1 Å². The van der Waals surface area contributed by atoms with Crippen molar-refractivity contribution in [3.05, 3.63) is 71.3 Å². The molecule has 2 N–H and O–H groups in total. The molecule has 0 fully saturated rings. The average molecular weight is 408 g/mol. The van der Waals surface area contributed by atoms with Crippen molar-refractivity contribution in [2.24, 2.45) is 0 Å². The van der Waals surface area contributed by atoms with Gasteiger partial charge in [-0.15, -0.1) is 0 Å². The fraction of sp³-hybridized carbons (Fsp3) is 0.333. The van der Waals surface area contributed by atoms with Crippen LogP contribution in [0.15, 0.2) is 54.6 Å². The highest BCUT2D eigenvalue weighted by molar-refractivity contribution is 5.87. The first-order valence-electron chi connectivity index (χ1n) is 10.1. The van der Waals surface area contributed by atoms with E-state index in [2.05, 4.69) is 10.6 Å². The van der Waals surface area contributed by atoms with Crippen LogP contribution in [0, 0.1) is 0 Å². The van der Waals surface area contributed by atoms with Crippen LogP contribution in [0.2, 0.25) is 0 Å². The molecule has 0 heterocycles. The number of benzene rings is 2. The van der Waals surface area contributed by atoms with Gasteiger partial charge in [0, 0.05) is 5.69 Å². The molecule has 0 spiro atoms. The van der Waals surface area contributed by atoms with Crippen molar-refractivity contribution in [1.82, 2.24) is 5.32 Å². The third-order valence-corrected chi connectivity index (χ3v) is 4.58. The molecule has 2 aromatic rings. The van der Waals surface area contributed by atoms with Crippen LogP contribution in [0.25, 0.3) is 6.08 Å². The van der Waals surface area contributed by atoms with E-state index in [1.807, 2.05) is 81.5 Å². The first kappa shape index (κ1) is 21.4. The Morgan fingerprint density at radius 1 is 1.03 bits per heavy atom. The minimum atomic E-state index is -0.565. The number of hydrogen-bond acceptors (Lipinski definition) is 4. The number of fused-ring (bicyclic) bond motifs is 1. The van der Waals surface area contributed by atoms with Gasteiger partial charge in [-0.3, -0.25) is 5.32 Å². The number of carbonyl (C=O) groups excluding carboxylic acids is 2. The summed E-state index contributed by atoms with van der Waals surface area (Å²) in [7, 11) is 0. The van der Waals surface area contributed by atoms with Crippen LogP contribution < -0.4 is 10.6 Å². The van der Waals surface area contributed by atoms with Crippen molar-refractivity contribution in [3.63, 3.8) is 0 Å². The van der Waals surface area contributed by atoms with Gasteiger partial charge in [0.15, 0.2) is 0 Å². The van der Waals surface area contributed by atoms with E-state index in [0.717, 1.165) is 22.4 Å². The lowest BCUT2D eigenvalue weighted by molar-refractivity contribution is 0.0635. The molecule has 0 saturated carbocycles. The zero-order valence-electron chi connectivity index (χ0n) is 17.6. The summed E-state index contributed by atoms with van der Waals surface area (Å²) in [6, 6.07) is 15.1. The molecule has 30 heavy (non-hydrogen) atoms. The van der Waals surface area contributed by atoms with E-state index >= 15 is 0 Å². The number of amides is 2. The molecule has 2 aromatic carbocycles. The Labute approximate surface area is 177 Å². The van der Waals surface area contributed by atoms with E-state index in [0.29, 0.717) is 12.8 Å². The Balaban J connectivity index is 1.58. The molecule has 1 aliphatic carbocycles. The van der Waals surface area contributed by atoms with Crippen LogP contribution in [0.4, 0.5) is 15.3 Å². The van der Waals surface area contributed by atoms with Crippen molar-refractivity contribution >= 4 is 23.9 Å². The Hall–Kier alpha value is -3.28. The molecule has 158 valence electrons. The summed E-state index contributed by atoms with van der Waals surface area (Å²) in [6.07, 6.45) is 4.36. The van der Waals surface area contributed by atoms with Crippen molar-refractivity contribution in [1.29, 1.82) is 0 Å². The van der Waals surface area contributed by atoms with Crippen molar-refractivity contribution in [2.75, 3.05) is 5.32 Å². The molecule has 1 atom stereocenters. The Kier molecular flexibility index (Phi) is 6.77. The Morgan fingerprint density at radius 3 is 2.53 bits per heavy atom. The number of alkyl carbamates (subject to hydrolysis) is 1. The topological polar surface area (TPSA) is 76.7 Å². The van der Waals surface area contributed by atoms with Crippen molar-refractivity contribution in [3.8, 4) is 0 Å². The van der Waals surface area contributed by atoms with E-state index in [9.17, 15) is 9.59 Å². The maximum Gasteiger partial charge on any atom is 0.412 e. The van der Waals surface area contributed by atoms with Gasteiger partial charge >= 0.3 is 12.2 Å².